The highest BCUT2D eigenvalue weighted by Crippen LogP contribution is 2.33. The van der Waals surface area contributed by atoms with Crippen LogP contribution in [0, 0.1) is 5.82 Å². The number of hydrogen-bond donors (Lipinski definition) is 1. The molecule has 2 unspecified atom stereocenters. The van der Waals surface area contributed by atoms with Crippen molar-refractivity contribution >= 4 is 5.69 Å². The standard InChI is InChI=1S/C17H27FN2/c1-4-15-8-6-7-11-20(15)17-10-9-14(18)12-16(17)13(3)19-5-2/h9-10,12-13,15,19H,4-8,11H2,1-3H3. The lowest BCUT2D eigenvalue weighted by Crippen LogP contribution is -2.40. The third-order valence-electron chi connectivity index (χ3n) is 4.37. The van der Waals surface area contributed by atoms with Crippen LogP contribution in [-0.2, 0) is 0 Å². The topological polar surface area (TPSA) is 15.3 Å². The van der Waals surface area contributed by atoms with Crippen molar-refractivity contribution in [1.82, 2.24) is 5.32 Å². The summed E-state index contributed by atoms with van der Waals surface area (Å²) in [6.07, 6.45) is 4.96. The van der Waals surface area contributed by atoms with Crippen molar-refractivity contribution in [2.45, 2.75) is 58.5 Å². The van der Waals surface area contributed by atoms with E-state index in [0.29, 0.717) is 6.04 Å². The van der Waals surface area contributed by atoms with Crippen LogP contribution in [-0.4, -0.2) is 19.1 Å². The van der Waals surface area contributed by atoms with Crippen LogP contribution in [0.4, 0.5) is 10.1 Å². The predicted octanol–water partition coefficient (Wildman–Crippen LogP) is 4.27. The first-order chi connectivity index (χ1) is 9.67. The van der Waals surface area contributed by atoms with Gasteiger partial charge in [0.05, 0.1) is 0 Å². The zero-order valence-electron chi connectivity index (χ0n) is 13.0. The normalized spacial score (nSPS) is 21.0. The molecule has 2 nitrogen and oxygen atoms in total. The summed E-state index contributed by atoms with van der Waals surface area (Å²) in [4.78, 5) is 2.49. The van der Waals surface area contributed by atoms with Crippen molar-refractivity contribution in [3.8, 4) is 0 Å². The van der Waals surface area contributed by atoms with Gasteiger partial charge in [-0.2, -0.15) is 0 Å². The highest BCUT2D eigenvalue weighted by Gasteiger charge is 2.24. The molecule has 0 bridgehead atoms. The summed E-state index contributed by atoms with van der Waals surface area (Å²) in [5.41, 5.74) is 2.30. The van der Waals surface area contributed by atoms with Crippen molar-refractivity contribution in [2.24, 2.45) is 0 Å². The van der Waals surface area contributed by atoms with Crippen LogP contribution in [0.1, 0.15) is 58.1 Å². The van der Waals surface area contributed by atoms with Gasteiger partial charge in [0.25, 0.3) is 0 Å². The van der Waals surface area contributed by atoms with Crippen LogP contribution in [0.3, 0.4) is 0 Å². The van der Waals surface area contributed by atoms with Crippen molar-refractivity contribution < 1.29 is 4.39 Å². The predicted molar refractivity (Wildman–Crippen MR) is 83.8 cm³/mol. The van der Waals surface area contributed by atoms with Crippen LogP contribution < -0.4 is 10.2 Å². The molecule has 0 radical (unpaired) electrons. The third-order valence-corrected chi connectivity index (χ3v) is 4.37. The number of halogens is 1. The second-order valence-electron chi connectivity index (χ2n) is 5.73. The first-order valence-corrected chi connectivity index (χ1v) is 7.96. The molecule has 0 saturated carbocycles. The van der Waals surface area contributed by atoms with E-state index in [1.807, 2.05) is 6.07 Å². The Morgan fingerprint density at radius 3 is 2.85 bits per heavy atom. The minimum atomic E-state index is -0.140. The highest BCUT2D eigenvalue weighted by atomic mass is 19.1. The Morgan fingerprint density at radius 1 is 1.35 bits per heavy atom. The summed E-state index contributed by atoms with van der Waals surface area (Å²) in [7, 11) is 0. The van der Waals surface area contributed by atoms with Crippen molar-refractivity contribution in [3.05, 3.63) is 29.6 Å². The number of piperidine rings is 1. The summed E-state index contributed by atoms with van der Waals surface area (Å²) >= 11 is 0. The van der Waals surface area contributed by atoms with Gasteiger partial charge in [-0.25, -0.2) is 4.39 Å². The maximum Gasteiger partial charge on any atom is 0.123 e. The van der Waals surface area contributed by atoms with E-state index in [1.165, 1.54) is 24.9 Å². The monoisotopic (exact) mass is 278 g/mol. The highest BCUT2D eigenvalue weighted by molar-refractivity contribution is 5.56. The molecule has 1 fully saturated rings. The van der Waals surface area contributed by atoms with Crippen molar-refractivity contribution in [3.63, 3.8) is 0 Å². The molecule has 0 aromatic heterocycles. The number of hydrogen-bond acceptors (Lipinski definition) is 2. The van der Waals surface area contributed by atoms with Crippen LogP contribution >= 0.6 is 0 Å². The van der Waals surface area contributed by atoms with Gasteiger partial charge in [-0.05, 0) is 62.9 Å². The van der Waals surface area contributed by atoms with Gasteiger partial charge in [-0.15, -0.1) is 0 Å². The number of rotatable bonds is 5. The lowest BCUT2D eigenvalue weighted by molar-refractivity contribution is 0.446. The van der Waals surface area contributed by atoms with Gasteiger partial charge in [0, 0.05) is 24.3 Å². The summed E-state index contributed by atoms with van der Waals surface area (Å²) in [6, 6.07) is 6.04. The van der Waals surface area contributed by atoms with E-state index in [0.717, 1.165) is 25.1 Å². The van der Waals surface area contributed by atoms with E-state index in [1.54, 1.807) is 12.1 Å². The van der Waals surface area contributed by atoms with Gasteiger partial charge >= 0.3 is 0 Å². The zero-order valence-corrected chi connectivity index (χ0v) is 13.0. The van der Waals surface area contributed by atoms with E-state index in [2.05, 4.69) is 31.0 Å². The maximum absolute atomic E-state index is 13.6. The van der Waals surface area contributed by atoms with Gasteiger partial charge in [0.15, 0.2) is 0 Å². The smallest absolute Gasteiger partial charge is 0.123 e. The van der Waals surface area contributed by atoms with Crippen LogP contribution in [0.25, 0.3) is 0 Å². The number of benzene rings is 1. The molecule has 1 aromatic rings. The summed E-state index contributed by atoms with van der Waals surface area (Å²) in [5, 5.41) is 3.41. The number of nitrogens with one attached hydrogen (secondary N) is 1. The van der Waals surface area contributed by atoms with E-state index in [4.69, 9.17) is 0 Å². The fourth-order valence-electron chi connectivity index (χ4n) is 3.29. The van der Waals surface area contributed by atoms with Crippen LogP contribution in [0.15, 0.2) is 18.2 Å². The summed E-state index contributed by atoms with van der Waals surface area (Å²) in [5.74, 6) is -0.140. The van der Waals surface area contributed by atoms with Gasteiger partial charge in [-0.3, -0.25) is 0 Å². The van der Waals surface area contributed by atoms with Gasteiger partial charge < -0.3 is 10.2 Å². The summed E-state index contributed by atoms with van der Waals surface area (Å²) in [6.45, 7) is 8.45. The molecule has 112 valence electrons. The van der Waals surface area contributed by atoms with Crippen molar-refractivity contribution in [2.75, 3.05) is 18.0 Å². The second kappa shape index (κ2) is 7.07. The Balaban J connectivity index is 2.33. The molecular weight excluding hydrogens is 251 g/mol. The number of nitrogens with zero attached hydrogens (tertiary/aromatic N) is 1. The van der Waals surface area contributed by atoms with Gasteiger partial charge in [-0.1, -0.05) is 13.8 Å². The molecule has 1 aromatic carbocycles. The lowest BCUT2D eigenvalue weighted by Gasteiger charge is -2.39. The first-order valence-electron chi connectivity index (χ1n) is 7.96. The Bertz CT molecular complexity index is 433. The lowest BCUT2D eigenvalue weighted by atomic mass is 9.96. The molecule has 0 aliphatic carbocycles. The molecule has 2 atom stereocenters. The van der Waals surface area contributed by atoms with E-state index in [-0.39, 0.29) is 11.9 Å². The molecule has 1 N–H and O–H groups in total. The zero-order chi connectivity index (χ0) is 14.5. The molecule has 0 spiro atoms. The Labute approximate surface area is 122 Å². The maximum atomic E-state index is 13.6. The molecule has 2 rings (SSSR count). The Morgan fingerprint density at radius 2 is 2.15 bits per heavy atom. The minimum absolute atomic E-state index is 0.140. The van der Waals surface area contributed by atoms with Gasteiger partial charge in [0.2, 0.25) is 0 Å². The van der Waals surface area contributed by atoms with E-state index >= 15 is 0 Å². The second-order valence-corrected chi connectivity index (χ2v) is 5.73. The molecule has 20 heavy (non-hydrogen) atoms. The molecule has 0 amide bonds. The average molecular weight is 278 g/mol. The van der Waals surface area contributed by atoms with E-state index in [9.17, 15) is 4.39 Å². The largest absolute Gasteiger partial charge is 0.368 e. The first kappa shape index (κ1) is 15.3. The fraction of sp³-hybridized carbons (Fsp3) is 0.647. The fourth-order valence-corrected chi connectivity index (χ4v) is 3.29. The molecule has 1 aliphatic heterocycles. The number of anilines is 1. The quantitative estimate of drug-likeness (QED) is 0.865. The van der Waals surface area contributed by atoms with Gasteiger partial charge in [0.1, 0.15) is 5.82 Å². The summed E-state index contributed by atoms with van der Waals surface area (Å²) < 4.78 is 13.6. The van der Waals surface area contributed by atoms with E-state index < -0.39 is 0 Å². The molecular formula is C17H27FN2. The molecule has 3 heteroatoms. The molecule has 1 heterocycles. The molecule has 1 saturated heterocycles. The Hall–Kier alpha value is -1.09. The average Bonchev–Trinajstić information content (AvgIpc) is 2.47. The SMILES string of the molecule is CCNC(C)c1cc(F)ccc1N1CCCCC1CC. The van der Waals surface area contributed by atoms with Crippen molar-refractivity contribution in [1.29, 1.82) is 0 Å². The molecule has 1 aliphatic rings. The third kappa shape index (κ3) is 3.32. The van der Waals surface area contributed by atoms with Crippen LogP contribution in [0.2, 0.25) is 0 Å². The van der Waals surface area contributed by atoms with Crippen LogP contribution in [0.5, 0.6) is 0 Å². The minimum Gasteiger partial charge on any atom is -0.368 e. The Kier molecular flexibility index (Phi) is 5.41.